The van der Waals surface area contributed by atoms with E-state index < -0.39 is 24.1 Å². The van der Waals surface area contributed by atoms with Crippen LogP contribution in [0.25, 0.3) is 6.08 Å². The maximum Gasteiger partial charge on any atom is 0.351 e. The molecule has 0 bridgehead atoms. The third-order valence-corrected chi connectivity index (χ3v) is 3.15. The van der Waals surface area contributed by atoms with Gasteiger partial charge in [0.05, 0.1) is 12.7 Å². The van der Waals surface area contributed by atoms with Gasteiger partial charge in [0.1, 0.15) is 18.1 Å². The number of rotatable bonds is 3. The molecule has 1 fully saturated rings. The van der Waals surface area contributed by atoms with Crippen molar-refractivity contribution in [2.24, 2.45) is 0 Å². The summed E-state index contributed by atoms with van der Waals surface area (Å²) in [5.74, 6) is 0.157. The van der Waals surface area contributed by atoms with Gasteiger partial charge in [-0.05, 0) is 13.8 Å². The average molecular weight is 281 g/mol. The molecule has 0 aliphatic carbocycles. The van der Waals surface area contributed by atoms with Gasteiger partial charge in [0.2, 0.25) is 0 Å². The van der Waals surface area contributed by atoms with Crippen LogP contribution in [0, 0.1) is 0 Å². The minimum atomic E-state index is -0.804. The van der Waals surface area contributed by atoms with Crippen molar-refractivity contribution in [2.45, 2.75) is 38.7 Å². The molecular weight excluding hydrogens is 262 g/mol. The highest BCUT2D eigenvalue weighted by molar-refractivity contribution is 5.61. The van der Waals surface area contributed by atoms with E-state index in [4.69, 9.17) is 15.6 Å². The van der Waals surface area contributed by atoms with Crippen molar-refractivity contribution in [2.75, 3.05) is 12.3 Å². The summed E-state index contributed by atoms with van der Waals surface area (Å²) < 4.78 is 6.75. The predicted octanol–water partition coefficient (Wildman–Crippen LogP) is -0.111. The van der Waals surface area contributed by atoms with Gasteiger partial charge in [0.15, 0.2) is 0 Å². The summed E-state index contributed by atoms with van der Waals surface area (Å²) in [5.41, 5.74) is 6.82. The van der Waals surface area contributed by atoms with Crippen LogP contribution < -0.4 is 11.4 Å². The number of hydrogen-bond donors (Lipinski definition) is 3. The molecule has 7 heteroatoms. The molecule has 1 aromatic heterocycles. The van der Waals surface area contributed by atoms with E-state index >= 15 is 0 Å². The second kappa shape index (κ2) is 5.74. The number of ether oxygens (including phenoxy) is 1. The first-order valence-corrected chi connectivity index (χ1v) is 6.40. The van der Waals surface area contributed by atoms with Crippen molar-refractivity contribution in [1.29, 1.82) is 0 Å². The summed E-state index contributed by atoms with van der Waals surface area (Å²) >= 11 is 0. The third kappa shape index (κ3) is 2.90. The van der Waals surface area contributed by atoms with Crippen molar-refractivity contribution < 1.29 is 14.9 Å². The molecule has 2 rings (SSSR count). The zero-order valence-electron chi connectivity index (χ0n) is 11.5. The molecule has 1 unspecified atom stereocenters. The van der Waals surface area contributed by atoms with E-state index in [1.165, 1.54) is 4.57 Å². The molecule has 0 spiro atoms. The Morgan fingerprint density at radius 1 is 1.65 bits per heavy atom. The summed E-state index contributed by atoms with van der Waals surface area (Å²) in [4.78, 5) is 15.7. The van der Waals surface area contributed by atoms with Crippen molar-refractivity contribution in [3.63, 3.8) is 0 Å². The summed E-state index contributed by atoms with van der Waals surface area (Å²) in [6.45, 7) is 3.52. The van der Waals surface area contributed by atoms with Crippen LogP contribution in [0.15, 0.2) is 16.6 Å². The van der Waals surface area contributed by atoms with E-state index in [0.29, 0.717) is 5.56 Å². The van der Waals surface area contributed by atoms with Crippen molar-refractivity contribution in [3.8, 4) is 0 Å². The maximum atomic E-state index is 11.9. The molecule has 1 aliphatic rings. The normalized spacial score (nSPS) is 25.7. The minimum absolute atomic E-state index is 0.157. The number of nitrogen functional groups attached to an aromatic ring is 1. The number of anilines is 1. The highest BCUT2D eigenvalue weighted by Crippen LogP contribution is 2.28. The molecule has 4 N–H and O–H groups in total. The quantitative estimate of drug-likeness (QED) is 0.713. The van der Waals surface area contributed by atoms with Gasteiger partial charge in [-0.1, -0.05) is 11.6 Å². The molecule has 2 heterocycles. The van der Waals surface area contributed by atoms with Crippen molar-refractivity contribution in [3.05, 3.63) is 27.8 Å². The lowest BCUT2D eigenvalue weighted by atomic mass is 10.2. The smallest absolute Gasteiger partial charge is 0.351 e. The van der Waals surface area contributed by atoms with Crippen LogP contribution in [0.2, 0.25) is 0 Å². The highest BCUT2D eigenvalue weighted by atomic mass is 16.5. The summed E-state index contributed by atoms with van der Waals surface area (Å²) in [6.07, 6.45) is 1.47. The lowest BCUT2D eigenvalue weighted by Gasteiger charge is -2.15. The molecule has 1 aromatic rings. The van der Waals surface area contributed by atoms with Gasteiger partial charge in [0, 0.05) is 18.2 Å². The zero-order valence-corrected chi connectivity index (χ0v) is 11.5. The maximum absolute atomic E-state index is 11.9. The average Bonchev–Trinajstić information content (AvgIpc) is 2.73. The number of nitrogens with zero attached hydrogens (tertiary/aromatic N) is 2. The van der Waals surface area contributed by atoms with Crippen LogP contribution in [-0.2, 0) is 4.74 Å². The molecule has 3 atom stereocenters. The first-order chi connectivity index (χ1) is 9.42. The topological polar surface area (TPSA) is 111 Å². The fraction of sp³-hybridized carbons (Fsp3) is 0.538. The van der Waals surface area contributed by atoms with Crippen LogP contribution in [0.3, 0.4) is 0 Å². The number of nitrogens with two attached hydrogens (primary N) is 1. The van der Waals surface area contributed by atoms with E-state index in [9.17, 15) is 9.90 Å². The van der Waals surface area contributed by atoms with Crippen LogP contribution in [0.4, 0.5) is 5.82 Å². The van der Waals surface area contributed by atoms with Crippen molar-refractivity contribution >= 4 is 11.9 Å². The van der Waals surface area contributed by atoms with E-state index in [1.807, 2.05) is 19.9 Å². The molecule has 0 aromatic carbocycles. The Morgan fingerprint density at radius 3 is 2.90 bits per heavy atom. The van der Waals surface area contributed by atoms with Crippen molar-refractivity contribution in [1.82, 2.24) is 9.55 Å². The predicted molar refractivity (Wildman–Crippen MR) is 73.9 cm³/mol. The fourth-order valence-corrected chi connectivity index (χ4v) is 2.18. The van der Waals surface area contributed by atoms with Crippen LogP contribution in [-0.4, -0.2) is 38.6 Å². The third-order valence-electron chi connectivity index (χ3n) is 3.15. The Balaban J connectivity index is 2.38. The Labute approximate surface area is 116 Å². The monoisotopic (exact) mass is 281 g/mol. The summed E-state index contributed by atoms with van der Waals surface area (Å²) in [7, 11) is 0. The first-order valence-electron chi connectivity index (χ1n) is 6.40. The van der Waals surface area contributed by atoms with Crippen LogP contribution in [0.1, 0.15) is 32.1 Å². The van der Waals surface area contributed by atoms with E-state index in [1.54, 1.807) is 6.20 Å². The Hall–Kier alpha value is -1.70. The molecule has 1 saturated heterocycles. The molecule has 7 nitrogen and oxygen atoms in total. The van der Waals surface area contributed by atoms with Gasteiger partial charge in [-0.25, -0.2) is 4.79 Å². The molecule has 1 aliphatic heterocycles. The largest absolute Gasteiger partial charge is 0.394 e. The molecule has 110 valence electrons. The lowest BCUT2D eigenvalue weighted by molar-refractivity contribution is -0.0458. The number of allylic oxidation sites excluding steroid dienone is 1. The standard InChI is InChI=1S/C13H19N3O4/c1-7(2)3-8-5-16(13(19)15-12(8)14)11-4-9(18)10(6-17)20-11/h3,5,9-11,17-18H,4,6H2,1-2H3,(H2,14,15,19)/t9?,10-,11-/m1/s1. The number of aliphatic hydroxyl groups excluding tert-OH is 2. The first kappa shape index (κ1) is 14.7. The lowest BCUT2D eigenvalue weighted by Crippen LogP contribution is -2.28. The molecular formula is C13H19N3O4. The second-order valence-corrected chi connectivity index (χ2v) is 5.11. The highest BCUT2D eigenvalue weighted by Gasteiger charge is 2.35. The number of hydrogen-bond acceptors (Lipinski definition) is 6. The Morgan fingerprint density at radius 2 is 2.35 bits per heavy atom. The SMILES string of the molecule is CC(C)=Cc1cn([C@H]2CC(O)[C@@H](CO)O2)c(=O)nc1N. The van der Waals surface area contributed by atoms with E-state index in [2.05, 4.69) is 4.98 Å². The van der Waals surface area contributed by atoms with E-state index in [-0.39, 0.29) is 18.8 Å². The Bertz CT molecular complexity index is 577. The number of aromatic nitrogens is 2. The zero-order chi connectivity index (χ0) is 14.9. The van der Waals surface area contributed by atoms with Gasteiger partial charge in [-0.15, -0.1) is 0 Å². The van der Waals surface area contributed by atoms with Gasteiger partial charge in [-0.3, -0.25) is 4.57 Å². The minimum Gasteiger partial charge on any atom is -0.394 e. The fourth-order valence-electron chi connectivity index (χ4n) is 2.18. The van der Waals surface area contributed by atoms with Crippen LogP contribution in [0.5, 0.6) is 0 Å². The summed E-state index contributed by atoms with van der Waals surface area (Å²) in [5, 5.41) is 18.8. The molecule has 0 radical (unpaired) electrons. The van der Waals surface area contributed by atoms with Gasteiger partial charge >= 0.3 is 5.69 Å². The van der Waals surface area contributed by atoms with Gasteiger partial charge in [0.25, 0.3) is 0 Å². The molecule has 20 heavy (non-hydrogen) atoms. The molecule has 0 amide bonds. The second-order valence-electron chi connectivity index (χ2n) is 5.11. The Kier molecular flexibility index (Phi) is 4.22. The summed E-state index contributed by atoms with van der Waals surface area (Å²) in [6, 6.07) is 0. The van der Waals surface area contributed by atoms with Crippen LogP contribution >= 0.6 is 0 Å². The molecule has 0 saturated carbocycles. The van der Waals surface area contributed by atoms with E-state index in [0.717, 1.165) is 5.57 Å². The van der Waals surface area contributed by atoms with Gasteiger partial charge in [-0.2, -0.15) is 4.98 Å². The number of aliphatic hydroxyl groups is 2. The van der Waals surface area contributed by atoms with Gasteiger partial charge < -0.3 is 20.7 Å².